The molecule has 0 saturated carbocycles. The molecule has 3 heteroatoms. The lowest BCUT2D eigenvalue weighted by atomic mass is 9.96. The minimum absolute atomic E-state index is 1.01. The highest BCUT2D eigenvalue weighted by Crippen LogP contribution is 2.23. The smallest absolute Gasteiger partial charge is 0.132 e. The molecule has 0 aromatic carbocycles. The van der Waals surface area contributed by atoms with Crippen LogP contribution in [-0.4, -0.2) is 17.0 Å². The molecular formula is C9H13N3. The van der Waals surface area contributed by atoms with Gasteiger partial charge in [0, 0.05) is 18.3 Å². The van der Waals surface area contributed by atoms with Gasteiger partial charge in [0.1, 0.15) is 12.1 Å². The molecule has 1 aliphatic rings. The molecule has 1 aliphatic carbocycles. The molecule has 0 fully saturated rings. The number of anilines is 1. The number of rotatable bonds is 1. The molecule has 0 unspecified atom stereocenters. The summed E-state index contributed by atoms with van der Waals surface area (Å²) in [5.74, 6) is 1.01. The standard InChI is InChI=1S/C9H13N3/c1-10-9-7-4-2-3-5-8(7)11-6-12-9/h6H,2-5H2,1H3,(H,10,11,12). The van der Waals surface area contributed by atoms with Gasteiger partial charge in [0.25, 0.3) is 0 Å². The van der Waals surface area contributed by atoms with Crippen molar-refractivity contribution in [3.05, 3.63) is 17.6 Å². The van der Waals surface area contributed by atoms with Gasteiger partial charge in [0.05, 0.1) is 0 Å². The Morgan fingerprint density at radius 3 is 2.92 bits per heavy atom. The molecule has 0 saturated heterocycles. The molecular weight excluding hydrogens is 150 g/mol. The fourth-order valence-corrected chi connectivity index (χ4v) is 1.74. The number of aryl methyl sites for hydroxylation is 1. The van der Waals surface area contributed by atoms with E-state index in [-0.39, 0.29) is 0 Å². The topological polar surface area (TPSA) is 37.8 Å². The highest BCUT2D eigenvalue weighted by atomic mass is 15.0. The monoisotopic (exact) mass is 163 g/mol. The lowest BCUT2D eigenvalue weighted by Gasteiger charge is -2.16. The minimum Gasteiger partial charge on any atom is -0.373 e. The number of hydrogen-bond donors (Lipinski definition) is 1. The number of nitrogens with one attached hydrogen (secondary N) is 1. The van der Waals surface area contributed by atoms with Gasteiger partial charge in [-0.05, 0) is 25.7 Å². The van der Waals surface area contributed by atoms with Gasteiger partial charge >= 0.3 is 0 Å². The largest absolute Gasteiger partial charge is 0.373 e. The summed E-state index contributed by atoms with van der Waals surface area (Å²) in [6.07, 6.45) is 6.44. The van der Waals surface area contributed by atoms with E-state index in [4.69, 9.17) is 0 Å². The van der Waals surface area contributed by atoms with E-state index < -0.39 is 0 Å². The van der Waals surface area contributed by atoms with Gasteiger partial charge in [-0.2, -0.15) is 0 Å². The molecule has 0 radical (unpaired) electrons. The molecule has 1 heterocycles. The first kappa shape index (κ1) is 7.53. The van der Waals surface area contributed by atoms with Gasteiger partial charge in [-0.1, -0.05) is 0 Å². The highest BCUT2D eigenvalue weighted by Gasteiger charge is 2.13. The first-order valence-corrected chi connectivity index (χ1v) is 4.42. The summed E-state index contributed by atoms with van der Waals surface area (Å²) in [5.41, 5.74) is 2.56. The van der Waals surface area contributed by atoms with E-state index in [1.165, 1.54) is 24.1 Å². The van der Waals surface area contributed by atoms with Crippen LogP contribution in [0.3, 0.4) is 0 Å². The van der Waals surface area contributed by atoms with Gasteiger partial charge in [-0.15, -0.1) is 0 Å². The Bertz CT molecular complexity index is 269. The van der Waals surface area contributed by atoms with Crippen LogP contribution in [0.4, 0.5) is 5.82 Å². The Kier molecular flexibility index (Phi) is 1.94. The lowest BCUT2D eigenvalue weighted by molar-refractivity contribution is 0.664. The summed E-state index contributed by atoms with van der Waals surface area (Å²) in [6.45, 7) is 0. The number of hydrogen-bond acceptors (Lipinski definition) is 3. The van der Waals surface area contributed by atoms with Crippen LogP contribution in [0.5, 0.6) is 0 Å². The Labute approximate surface area is 72.2 Å². The Hall–Kier alpha value is -1.12. The average molecular weight is 163 g/mol. The van der Waals surface area contributed by atoms with Gasteiger partial charge in [-0.25, -0.2) is 9.97 Å². The Balaban J connectivity index is 2.44. The summed E-state index contributed by atoms with van der Waals surface area (Å²) < 4.78 is 0. The van der Waals surface area contributed by atoms with Crippen molar-refractivity contribution in [1.82, 2.24) is 9.97 Å². The van der Waals surface area contributed by atoms with Gasteiger partial charge < -0.3 is 5.32 Å². The molecule has 0 bridgehead atoms. The van der Waals surface area contributed by atoms with E-state index in [2.05, 4.69) is 15.3 Å². The molecule has 0 aliphatic heterocycles. The average Bonchev–Trinajstić information content (AvgIpc) is 2.17. The van der Waals surface area contributed by atoms with E-state index in [9.17, 15) is 0 Å². The minimum atomic E-state index is 1.01. The van der Waals surface area contributed by atoms with E-state index in [1.54, 1.807) is 6.33 Å². The van der Waals surface area contributed by atoms with Gasteiger partial charge in [0.2, 0.25) is 0 Å². The Morgan fingerprint density at radius 2 is 2.08 bits per heavy atom. The molecule has 1 aromatic heterocycles. The van der Waals surface area contributed by atoms with E-state index in [1.807, 2.05) is 7.05 Å². The van der Waals surface area contributed by atoms with Crippen LogP contribution < -0.4 is 5.32 Å². The zero-order chi connectivity index (χ0) is 8.39. The first-order valence-electron chi connectivity index (χ1n) is 4.42. The maximum absolute atomic E-state index is 4.28. The van der Waals surface area contributed by atoms with Crippen LogP contribution in [0.1, 0.15) is 24.1 Å². The maximum atomic E-state index is 4.28. The quantitative estimate of drug-likeness (QED) is 0.680. The third-order valence-electron chi connectivity index (χ3n) is 2.36. The predicted octanol–water partition coefficient (Wildman–Crippen LogP) is 1.40. The summed E-state index contributed by atoms with van der Waals surface area (Å²) in [6, 6.07) is 0. The third kappa shape index (κ3) is 1.15. The van der Waals surface area contributed by atoms with Crippen molar-refractivity contribution in [2.75, 3.05) is 12.4 Å². The molecule has 3 nitrogen and oxygen atoms in total. The van der Waals surface area contributed by atoms with Crippen LogP contribution in [0.15, 0.2) is 6.33 Å². The number of fused-ring (bicyclic) bond motifs is 1. The van der Waals surface area contributed by atoms with Gasteiger partial charge in [0.15, 0.2) is 0 Å². The molecule has 1 aromatic rings. The van der Waals surface area contributed by atoms with E-state index >= 15 is 0 Å². The SMILES string of the molecule is CNc1ncnc2c1CCCC2. The zero-order valence-corrected chi connectivity index (χ0v) is 7.30. The van der Waals surface area contributed by atoms with Crippen molar-refractivity contribution in [2.45, 2.75) is 25.7 Å². The van der Waals surface area contributed by atoms with Crippen LogP contribution in [0.25, 0.3) is 0 Å². The molecule has 12 heavy (non-hydrogen) atoms. The van der Waals surface area contributed by atoms with Crippen molar-refractivity contribution >= 4 is 5.82 Å². The molecule has 1 N–H and O–H groups in total. The van der Waals surface area contributed by atoms with Crippen molar-refractivity contribution in [3.63, 3.8) is 0 Å². The summed E-state index contributed by atoms with van der Waals surface area (Å²) in [7, 11) is 1.91. The molecule has 0 spiro atoms. The number of aromatic nitrogens is 2. The van der Waals surface area contributed by atoms with Crippen LogP contribution in [0, 0.1) is 0 Å². The van der Waals surface area contributed by atoms with E-state index in [0.29, 0.717) is 0 Å². The van der Waals surface area contributed by atoms with Crippen molar-refractivity contribution in [1.29, 1.82) is 0 Å². The fraction of sp³-hybridized carbons (Fsp3) is 0.556. The summed E-state index contributed by atoms with van der Waals surface area (Å²) in [4.78, 5) is 8.47. The lowest BCUT2D eigenvalue weighted by Crippen LogP contribution is -2.09. The molecule has 64 valence electrons. The second-order valence-electron chi connectivity index (χ2n) is 3.10. The zero-order valence-electron chi connectivity index (χ0n) is 7.30. The number of nitrogens with zero attached hydrogens (tertiary/aromatic N) is 2. The summed E-state index contributed by atoms with van der Waals surface area (Å²) >= 11 is 0. The van der Waals surface area contributed by atoms with Crippen LogP contribution in [0.2, 0.25) is 0 Å². The van der Waals surface area contributed by atoms with Gasteiger partial charge in [-0.3, -0.25) is 0 Å². The molecule has 0 atom stereocenters. The Morgan fingerprint density at radius 1 is 1.25 bits per heavy atom. The third-order valence-corrected chi connectivity index (χ3v) is 2.36. The van der Waals surface area contributed by atoms with Crippen LogP contribution in [-0.2, 0) is 12.8 Å². The molecule has 2 rings (SSSR count). The molecule has 0 amide bonds. The van der Waals surface area contributed by atoms with Crippen LogP contribution >= 0.6 is 0 Å². The summed E-state index contributed by atoms with van der Waals surface area (Å²) in [5, 5.41) is 3.10. The normalized spacial score (nSPS) is 15.4. The second-order valence-corrected chi connectivity index (χ2v) is 3.10. The first-order chi connectivity index (χ1) is 5.92. The maximum Gasteiger partial charge on any atom is 0.132 e. The predicted molar refractivity (Wildman–Crippen MR) is 48.2 cm³/mol. The van der Waals surface area contributed by atoms with E-state index in [0.717, 1.165) is 18.7 Å². The van der Waals surface area contributed by atoms with Crippen molar-refractivity contribution < 1.29 is 0 Å². The second kappa shape index (κ2) is 3.09. The highest BCUT2D eigenvalue weighted by molar-refractivity contribution is 5.46. The van der Waals surface area contributed by atoms with Crippen molar-refractivity contribution in [3.8, 4) is 0 Å². The fourth-order valence-electron chi connectivity index (χ4n) is 1.74. The van der Waals surface area contributed by atoms with Crippen molar-refractivity contribution in [2.24, 2.45) is 0 Å².